The van der Waals surface area contributed by atoms with Gasteiger partial charge in [-0.25, -0.2) is 0 Å². The number of aromatic amines is 1. The third-order valence-corrected chi connectivity index (χ3v) is 3.57. The molecule has 2 amide bonds. The molecule has 1 atom stereocenters. The Hall–Kier alpha value is -2.67. The van der Waals surface area contributed by atoms with Gasteiger partial charge in [-0.3, -0.25) is 9.59 Å². The average Bonchev–Trinajstić information content (AvgIpc) is 2.49. The van der Waals surface area contributed by atoms with Crippen LogP contribution in [-0.4, -0.2) is 22.9 Å². The first-order valence-electron chi connectivity index (χ1n) is 6.65. The summed E-state index contributed by atoms with van der Waals surface area (Å²) in [5.41, 5.74) is 1.45. The number of benzene rings is 1. The van der Waals surface area contributed by atoms with Gasteiger partial charge in [0.1, 0.15) is 10.4 Å². The predicted molar refractivity (Wildman–Crippen MR) is 84.7 cm³/mol. The number of H-pyrrole nitrogens is 1. The Morgan fingerprint density at radius 1 is 1.36 bits per heavy atom. The number of carbonyl (C=O) groups excluding carboxylic acids is 2. The van der Waals surface area contributed by atoms with E-state index in [0.29, 0.717) is 27.3 Å². The van der Waals surface area contributed by atoms with Crippen molar-refractivity contribution in [3.8, 4) is 5.75 Å². The summed E-state index contributed by atoms with van der Waals surface area (Å²) in [6.07, 6.45) is 1.13. The fourth-order valence-corrected chi connectivity index (χ4v) is 2.31. The summed E-state index contributed by atoms with van der Waals surface area (Å²) in [5, 5.41) is 5.48. The maximum Gasteiger partial charge on any atom is 0.265 e. The lowest BCUT2D eigenvalue weighted by molar-refractivity contribution is -0.122. The zero-order valence-electron chi connectivity index (χ0n) is 11.7. The summed E-state index contributed by atoms with van der Waals surface area (Å²) >= 11 is 5.08. The number of fused-ring (bicyclic) bond motifs is 1. The number of rotatable bonds is 2. The first kappa shape index (κ1) is 14.3. The summed E-state index contributed by atoms with van der Waals surface area (Å²) < 4.78 is 5.83. The number of ether oxygens (including phenoxy) is 1. The van der Waals surface area contributed by atoms with Crippen LogP contribution in [0.1, 0.15) is 17.3 Å². The highest BCUT2D eigenvalue weighted by Gasteiger charge is 2.23. The first-order chi connectivity index (χ1) is 10.5. The first-order valence-corrected chi connectivity index (χ1v) is 7.06. The van der Waals surface area contributed by atoms with Crippen molar-refractivity contribution in [3.63, 3.8) is 0 Å². The van der Waals surface area contributed by atoms with Crippen molar-refractivity contribution in [3.05, 3.63) is 46.7 Å². The van der Waals surface area contributed by atoms with Crippen molar-refractivity contribution in [2.24, 2.45) is 0 Å². The van der Waals surface area contributed by atoms with Crippen molar-refractivity contribution in [2.45, 2.75) is 13.0 Å². The van der Waals surface area contributed by atoms with Crippen molar-refractivity contribution >= 4 is 35.4 Å². The quantitative estimate of drug-likeness (QED) is 0.744. The molecule has 1 aromatic carbocycles. The van der Waals surface area contributed by atoms with Gasteiger partial charge in [0.2, 0.25) is 0 Å². The van der Waals surface area contributed by atoms with E-state index in [0.717, 1.165) is 0 Å². The smallest absolute Gasteiger partial charge is 0.265 e. The van der Waals surface area contributed by atoms with Crippen LogP contribution in [0.5, 0.6) is 5.75 Å². The van der Waals surface area contributed by atoms with Crippen LogP contribution in [-0.2, 0) is 4.79 Å². The molecule has 0 spiro atoms. The minimum absolute atomic E-state index is 0.221. The fourth-order valence-electron chi connectivity index (χ4n) is 2.09. The standard InChI is InChI=1S/C15H13N3O3S/c1-8-13(19)18-11-7-9(4-5-12(11)21-8)17-14(20)10-3-2-6-16-15(10)22/h2-8H,1H3,(H,16,22)(H,17,20)(H,18,19)/t8-/m0/s1. The molecule has 2 aromatic rings. The van der Waals surface area contributed by atoms with E-state index in [9.17, 15) is 9.59 Å². The van der Waals surface area contributed by atoms with Gasteiger partial charge < -0.3 is 20.4 Å². The second-order valence-corrected chi connectivity index (χ2v) is 5.24. The zero-order valence-corrected chi connectivity index (χ0v) is 12.5. The largest absolute Gasteiger partial charge is 0.479 e. The highest BCUT2D eigenvalue weighted by atomic mass is 32.1. The molecule has 2 heterocycles. The Morgan fingerprint density at radius 2 is 2.18 bits per heavy atom. The summed E-state index contributed by atoms with van der Waals surface area (Å²) in [6.45, 7) is 1.67. The molecule has 0 fully saturated rings. The molecular formula is C15H13N3O3S. The van der Waals surface area contributed by atoms with Crippen LogP contribution in [0, 0.1) is 4.64 Å². The zero-order chi connectivity index (χ0) is 15.7. The van der Waals surface area contributed by atoms with E-state index in [-0.39, 0.29) is 11.8 Å². The molecule has 3 N–H and O–H groups in total. The molecule has 7 heteroatoms. The van der Waals surface area contributed by atoms with E-state index in [2.05, 4.69) is 15.6 Å². The van der Waals surface area contributed by atoms with Crippen LogP contribution >= 0.6 is 12.2 Å². The molecule has 0 bridgehead atoms. The van der Waals surface area contributed by atoms with Gasteiger partial charge in [-0.1, -0.05) is 12.2 Å². The van der Waals surface area contributed by atoms with Crippen LogP contribution < -0.4 is 15.4 Å². The average molecular weight is 315 g/mol. The molecule has 3 rings (SSSR count). The molecule has 0 saturated heterocycles. The number of carbonyl (C=O) groups is 2. The van der Waals surface area contributed by atoms with E-state index < -0.39 is 6.10 Å². The Labute approximate surface area is 131 Å². The van der Waals surface area contributed by atoms with Crippen molar-refractivity contribution in [1.82, 2.24) is 4.98 Å². The molecule has 0 unspecified atom stereocenters. The van der Waals surface area contributed by atoms with Crippen LogP contribution in [0.2, 0.25) is 0 Å². The van der Waals surface area contributed by atoms with Crippen LogP contribution in [0.4, 0.5) is 11.4 Å². The normalized spacial score (nSPS) is 16.2. The molecule has 1 aliphatic rings. The lowest BCUT2D eigenvalue weighted by Gasteiger charge is -2.23. The van der Waals surface area contributed by atoms with E-state index in [1.54, 1.807) is 43.5 Å². The third kappa shape index (κ3) is 2.71. The summed E-state index contributed by atoms with van der Waals surface area (Å²) in [4.78, 5) is 26.6. The van der Waals surface area contributed by atoms with E-state index in [1.807, 2.05) is 0 Å². The third-order valence-electron chi connectivity index (χ3n) is 3.23. The molecule has 6 nitrogen and oxygen atoms in total. The van der Waals surface area contributed by atoms with Gasteiger partial charge in [0.05, 0.1) is 11.3 Å². The number of aromatic nitrogens is 1. The minimum atomic E-state index is -0.532. The maximum absolute atomic E-state index is 12.2. The molecule has 0 radical (unpaired) electrons. The number of amides is 2. The number of nitrogens with one attached hydrogen (secondary N) is 3. The SMILES string of the molecule is C[C@@H]1Oc2ccc(NC(=O)c3ccc[nH]c3=S)cc2NC1=O. The van der Waals surface area contributed by atoms with Crippen LogP contribution in [0.25, 0.3) is 0 Å². The molecular weight excluding hydrogens is 302 g/mol. The van der Waals surface area contributed by atoms with Gasteiger partial charge in [0, 0.05) is 11.9 Å². The second-order valence-electron chi connectivity index (χ2n) is 4.83. The van der Waals surface area contributed by atoms with E-state index in [1.165, 1.54) is 0 Å². The Morgan fingerprint density at radius 3 is 2.95 bits per heavy atom. The summed E-state index contributed by atoms with van der Waals surface area (Å²) in [5.74, 6) is 0.0294. The minimum Gasteiger partial charge on any atom is -0.479 e. The van der Waals surface area contributed by atoms with Gasteiger partial charge in [-0.05, 0) is 37.3 Å². The molecule has 1 aliphatic heterocycles. The molecule has 0 saturated carbocycles. The Balaban J connectivity index is 1.84. The number of anilines is 2. The van der Waals surface area contributed by atoms with Gasteiger partial charge in [-0.2, -0.15) is 0 Å². The highest BCUT2D eigenvalue weighted by Crippen LogP contribution is 2.32. The fraction of sp³-hybridized carbons (Fsp3) is 0.133. The molecule has 22 heavy (non-hydrogen) atoms. The Bertz CT molecular complexity index is 816. The number of hydrogen-bond donors (Lipinski definition) is 3. The second kappa shape index (κ2) is 5.61. The van der Waals surface area contributed by atoms with Crippen molar-refractivity contribution in [1.29, 1.82) is 0 Å². The van der Waals surface area contributed by atoms with E-state index in [4.69, 9.17) is 17.0 Å². The van der Waals surface area contributed by atoms with Crippen LogP contribution in [0.3, 0.4) is 0 Å². The summed E-state index contributed by atoms with van der Waals surface area (Å²) in [7, 11) is 0. The van der Waals surface area contributed by atoms with Gasteiger partial charge in [0.25, 0.3) is 11.8 Å². The monoisotopic (exact) mass is 315 g/mol. The molecule has 0 aliphatic carbocycles. The summed E-state index contributed by atoms with van der Waals surface area (Å²) in [6, 6.07) is 8.39. The maximum atomic E-state index is 12.2. The molecule has 1 aromatic heterocycles. The lowest BCUT2D eigenvalue weighted by atomic mass is 10.2. The topological polar surface area (TPSA) is 83.2 Å². The van der Waals surface area contributed by atoms with Gasteiger partial charge in [-0.15, -0.1) is 0 Å². The van der Waals surface area contributed by atoms with Crippen molar-refractivity contribution in [2.75, 3.05) is 10.6 Å². The molecule has 112 valence electrons. The highest BCUT2D eigenvalue weighted by molar-refractivity contribution is 7.71. The lowest BCUT2D eigenvalue weighted by Crippen LogP contribution is -2.34. The van der Waals surface area contributed by atoms with Gasteiger partial charge >= 0.3 is 0 Å². The predicted octanol–water partition coefficient (Wildman–Crippen LogP) is 2.72. The van der Waals surface area contributed by atoms with Crippen molar-refractivity contribution < 1.29 is 14.3 Å². The van der Waals surface area contributed by atoms with E-state index >= 15 is 0 Å². The number of hydrogen-bond acceptors (Lipinski definition) is 4. The number of pyridine rings is 1. The van der Waals surface area contributed by atoms with Crippen LogP contribution in [0.15, 0.2) is 36.5 Å². The van der Waals surface area contributed by atoms with Gasteiger partial charge in [0.15, 0.2) is 6.10 Å². The Kier molecular flexibility index (Phi) is 3.64.